The van der Waals surface area contributed by atoms with Crippen molar-refractivity contribution >= 4 is 5.91 Å². The van der Waals surface area contributed by atoms with Gasteiger partial charge in [-0.2, -0.15) is 5.26 Å². The molecule has 0 atom stereocenters. The lowest BCUT2D eigenvalue weighted by atomic mass is 10.2. The molecule has 0 aromatic heterocycles. The van der Waals surface area contributed by atoms with Crippen LogP contribution in [0.1, 0.15) is 11.1 Å². The fraction of sp³-hybridized carbons (Fsp3) is 0.273. The zero-order chi connectivity index (χ0) is 19.8. The van der Waals surface area contributed by atoms with Crippen LogP contribution in [0.3, 0.4) is 0 Å². The Hall–Kier alpha value is -3.17. The third kappa shape index (κ3) is 5.41. The first-order valence-corrected chi connectivity index (χ1v) is 9.29. The maximum Gasteiger partial charge on any atom is 0.266 e. The Kier molecular flexibility index (Phi) is 6.77. The normalized spacial score (nSPS) is 15.1. The number of hydrogen-bond acceptors (Lipinski definition) is 4. The highest BCUT2D eigenvalue weighted by Crippen LogP contribution is 2.11. The molecule has 1 heterocycles. The first kappa shape index (κ1) is 19.6. The molecule has 28 heavy (non-hydrogen) atoms. The number of amides is 1. The summed E-state index contributed by atoms with van der Waals surface area (Å²) in [6.45, 7) is 4.04. The summed E-state index contributed by atoms with van der Waals surface area (Å²) in [5.74, 6) is -0.549. The van der Waals surface area contributed by atoms with Crippen molar-refractivity contribution in [2.75, 3.05) is 26.2 Å². The molecule has 3 rings (SSSR count). The van der Waals surface area contributed by atoms with Crippen molar-refractivity contribution in [2.24, 2.45) is 0 Å². The van der Waals surface area contributed by atoms with Crippen molar-refractivity contribution in [2.45, 2.75) is 13.1 Å². The standard InChI is InChI=1S/C22H23FN4O/c23-21-8-6-18(7-9-21)15-25-16-20(14-24)22(28)27-12-10-26(11-13-27)17-19-4-2-1-3-5-19/h1-9,16,25H,10-13,15,17H2/b20-16-. The Balaban J connectivity index is 1.49. The minimum Gasteiger partial charge on any atom is -0.386 e. The van der Waals surface area contributed by atoms with Crippen LogP contribution in [-0.4, -0.2) is 41.9 Å². The van der Waals surface area contributed by atoms with Crippen LogP contribution in [0.15, 0.2) is 66.4 Å². The van der Waals surface area contributed by atoms with E-state index in [1.165, 1.54) is 23.9 Å². The van der Waals surface area contributed by atoms with Gasteiger partial charge in [-0.15, -0.1) is 0 Å². The summed E-state index contributed by atoms with van der Waals surface area (Å²) in [6, 6.07) is 18.3. The molecule has 0 unspecified atom stereocenters. The molecule has 0 aliphatic carbocycles. The zero-order valence-corrected chi connectivity index (χ0v) is 15.6. The molecule has 1 fully saturated rings. The van der Waals surface area contributed by atoms with E-state index >= 15 is 0 Å². The van der Waals surface area contributed by atoms with Gasteiger partial charge in [-0.25, -0.2) is 4.39 Å². The predicted octanol–water partition coefficient (Wildman–Crippen LogP) is 2.67. The third-order valence-corrected chi connectivity index (χ3v) is 4.73. The molecule has 1 aliphatic heterocycles. The van der Waals surface area contributed by atoms with E-state index in [0.717, 1.165) is 25.2 Å². The maximum atomic E-state index is 12.9. The van der Waals surface area contributed by atoms with Gasteiger partial charge in [0.15, 0.2) is 0 Å². The fourth-order valence-electron chi connectivity index (χ4n) is 3.14. The predicted molar refractivity (Wildman–Crippen MR) is 105 cm³/mol. The van der Waals surface area contributed by atoms with E-state index in [1.807, 2.05) is 24.3 Å². The van der Waals surface area contributed by atoms with Gasteiger partial charge in [0.1, 0.15) is 17.5 Å². The summed E-state index contributed by atoms with van der Waals surface area (Å²) >= 11 is 0. The Bertz CT molecular complexity index is 850. The number of nitrogens with one attached hydrogen (secondary N) is 1. The highest BCUT2D eigenvalue weighted by molar-refractivity contribution is 5.97. The minimum absolute atomic E-state index is 0.0821. The summed E-state index contributed by atoms with van der Waals surface area (Å²) < 4.78 is 12.9. The molecule has 0 saturated carbocycles. The molecule has 1 aliphatic rings. The quantitative estimate of drug-likeness (QED) is 0.620. The number of hydrogen-bond donors (Lipinski definition) is 1. The number of halogens is 1. The Labute approximate surface area is 164 Å². The van der Waals surface area contributed by atoms with E-state index in [1.54, 1.807) is 17.0 Å². The molecule has 0 bridgehead atoms. The molecule has 5 nitrogen and oxygen atoms in total. The number of rotatable bonds is 6. The zero-order valence-electron chi connectivity index (χ0n) is 15.6. The summed E-state index contributed by atoms with van der Waals surface area (Å²) in [4.78, 5) is 16.6. The Morgan fingerprint density at radius 2 is 1.71 bits per heavy atom. The molecule has 0 radical (unpaired) electrons. The van der Waals surface area contributed by atoms with Gasteiger partial charge in [0.25, 0.3) is 5.91 Å². The molecule has 6 heteroatoms. The lowest BCUT2D eigenvalue weighted by molar-refractivity contribution is -0.128. The largest absolute Gasteiger partial charge is 0.386 e. The first-order chi connectivity index (χ1) is 13.7. The Morgan fingerprint density at radius 1 is 1.04 bits per heavy atom. The SMILES string of the molecule is N#C/C(=C/NCc1ccc(F)cc1)C(=O)N1CCN(Cc2ccccc2)CC1. The van der Waals surface area contributed by atoms with Crippen LogP contribution in [0, 0.1) is 17.1 Å². The molecule has 1 saturated heterocycles. The lowest BCUT2D eigenvalue weighted by Crippen LogP contribution is -2.48. The average molecular weight is 378 g/mol. The van der Waals surface area contributed by atoms with Gasteiger partial charge in [0.2, 0.25) is 0 Å². The topological polar surface area (TPSA) is 59.4 Å². The smallest absolute Gasteiger partial charge is 0.266 e. The van der Waals surface area contributed by atoms with Gasteiger partial charge in [0.05, 0.1) is 0 Å². The third-order valence-electron chi connectivity index (χ3n) is 4.73. The van der Waals surface area contributed by atoms with E-state index in [0.29, 0.717) is 19.6 Å². The van der Waals surface area contributed by atoms with Crippen LogP contribution < -0.4 is 5.32 Å². The molecule has 2 aromatic rings. The van der Waals surface area contributed by atoms with Crippen LogP contribution in [0.2, 0.25) is 0 Å². The van der Waals surface area contributed by atoms with Crippen molar-refractivity contribution in [1.82, 2.24) is 15.1 Å². The number of carbonyl (C=O) groups excluding carboxylic acids is 1. The molecular formula is C22H23FN4O. The second kappa shape index (κ2) is 9.67. The summed E-state index contributed by atoms with van der Waals surface area (Å²) in [5.41, 5.74) is 2.21. The first-order valence-electron chi connectivity index (χ1n) is 9.29. The summed E-state index contributed by atoms with van der Waals surface area (Å²) in [6.07, 6.45) is 1.45. The summed E-state index contributed by atoms with van der Waals surface area (Å²) in [7, 11) is 0. The Morgan fingerprint density at radius 3 is 2.36 bits per heavy atom. The van der Waals surface area contributed by atoms with Crippen LogP contribution in [0.5, 0.6) is 0 Å². The van der Waals surface area contributed by atoms with Crippen LogP contribution in [0.25, 0.3) is 0 Å². The number of benzene rings is 2. The monoisotopic (exact) mass is 378 g/mol. The van der Waals surface area contributed by atoms with Gasteiger partial charge in [-0.3, -0.25) is 9.69 Å². The number of nitriles is 1. The highest BCUT2D eigenvalue weighted by atomic mass is 19.1. The van der Waals surface area contributed by atoms with Crippen LogP contribution >= 0.6 is 0 Å². The van der Waals surface area contributed by atoms with Crippen molar-refractivity contribution in [3.05, 3.63) is 83.3 Å². The lowest BCUT2D eigenvalue weighted by Gasteiger charge is -2.34. The molecule has 2 aromatic carbocycles. The molecule has 144 valence electrons. The molecular weight excluding hydrogens is 355 g/mol. The van der Waals surface area contributed by atoms with Crippen LogP contribution in [-0.2, 0) is 17.9 Å². The number of piperazine rings is 1. The van der Waals surface area contributed by atoms with E-state index in [2.05, 4.69) is 22.3 Å². The van der Waals surface area contributed by atoms with E-state index in [4.69, 9.17) is 0 Å². The minimum atomic E-state index is -0.293. The highest BCUT2D eigenvalue weighted by Gasteiger charge is 2.23. The molecule has 0 spiro atoms. The van der Waals surface area contributed by atoms with E-state index < -0.39 is 0 Å². The van der Waals surface area contributed by atoms with Gasteiger partial charge in [0, 0.05) is 45.5 Å². The number of carbonyl (C=O) groups is 1. The van der Waals surface area contributed by atoms with Gasteiger partial charge in [-0.1, -0.05) is 42.5 Å². The number of nitrogens with zero attached hydrogens (tertiary/aromatic N) is 3. The second-order valence-electron chi connectivity index (χ2n) is 6.73. The van der Waals surface area contributed by atoms with Crippen molar-refractivity contribution < 1.29 is 9.18 Å². The van der Waals surface area contributed by atoms with E-state index in [-0.39, 0.29) is 17.3 Å². The van der Waals surface area contributed by atoms with Crippen molar-refractivity contribution in [1.29, 1.82) is 5.26 Å². The van der Waals surface area contributed by atoms with Gasteiger partial charge >= 0.3 is 0 Å². The van der Waals surface area contributed by atoms with Gasteiger partial charge in [-0.05, 0) is 23.3 Å². The molecule has 1 N–H and O–H groups in total. The second-order valence-corrected chi connectivity index (χ2v) is 6.73. The van der Waals surface area contributed by atoms with E-state index in [9.17, 15) is 14.4 Å². The fourth-order valence-corrected chi connectivity index (χ4v) is 3.14. The van der Waals surface area contributed by atoms with Crippen LogP contribution in [0.4, 0.5) is 4.39 Å². The molecule has 1 amide bonds. The van der Waals surface area contributed by atoms with Gasteiger partial charge < -0.3 is 10.2 Å². The van der Waals surface area contributed by atoms with Crippen molar-refractivity contribution in [3.63, 3.8) is 0 Å². The summed E-state index contributed by atoms with van der Waals surface area (Å²) in [5, 5.41) is 12.3. The van der Waals surface area contributed by atoms with Crippen molar-refractivity contribution in [3.8, 4) is 6.07 Å². The average Bonchev–Trinajstić information content (AvgIpc) is 2.73. The maximum absolute atomic E-state index is 12.9.